The highest BCUT2D eigenvalue weighted by Crippen LogP contribution is 2.31. The summed E-state index contributed by atoms with van der Waals surface area (Å²) in [5.41, 5.74) is 4.02. The first-order valence-electron chi connectivity index (χ1n) is 9.47. The molecule has 1 aliphatic rings. The molecule has 0 saturated heterocycles. The van der Waals surface area contributed by atoms with Gasteiger partial charge in [-0.2, -0.15) is 5.26 Å². The average Bonchev–Trinajstić information content (AvgIpc) is 2.78. The summed E-state index contributed by atoms with van der Waals surface area (Å²) >= 11 is 0. The van der Waals surface area contributed by atoms with Gasteiger partial charge in [0.1, 0.15) is 0 Å². The van der Waals surface area contributed by atoms with E-state index in [0.717, 1.165) is 24.1 Å². The van der Waals surface area contributed by atoms with E-state index in [1.165, 1.54) is 0 Å². The van der Waals surface area contributed by atoms with Crippen LogP contribution in [0, 0.1) is 11.3 Å². The van der Waals surface area contributed by atoms with Crippen molar-refractivity contribution in [1.29, 1.82) is 5.26 Å². The van der Waals surface area contributed by atoms with Gasteiger partial charge in [0.25, 0.3) is 11.8 Å². The lowest BCUT2D eigenvalue weighted by Crippen LogP contribution is -2.35. The Balaban J connectivity index is 1.61. The summed E-state index contributed by atoms with van der Waals surface area (Å²) in [6, 6.07) is 23.5. The Hall–Kier alpha value is -3.91. The standard InChI is InChI=1S/C24H19N3O2/c25-16-17-6-4-9-20(14-17)23(28)26-21-12-11-18-10-5-13-27(22(18)15-21)24(29)19-7-2-1-3-8-19/h1-4,6-9,11-12,14-15H,5,10,13H2,(H,26,28). The number of carbonyl (C=O) groups is 2. The molecule has 4 rings (SSSR count). The Morgan fingerprint density at radius 2 is 1.72 bits per heavy atom. The number of aryl methyl sites for hydroxylation is 1. The van der Waals surface area contributed by atoms with Crippen molar-refractivity contribution in [3.8, 4) is 6.07 Å². The number of hydrogen-bond acceptors (Lipinski definition) is 3. The van der Waals surface area contributed by atoms with Crippen LogP contribution in [-0.4, -0.2) is 18.4 Å². The minimum absolute atomic E-state index is 0.0447. The van der Waals surface area contributed by atoms with Crippen molar-refractivity contribution in [3.63, 3.8) is 0 Å². The summed E-state index contributed by atoms with van der Waals surface area (Å²) in [5, 5.41) is 11.9. The van der Waals surface area contributed by atoms with Crippen LogP contribution >= 0.6 is 0 Å². The third kappa shape index (κ3) is 3.87. The summed E-state index contributed by atoms with van der Waals surface area (Å²) in [7, 11) is 0. The largest absolute Gasteiger partial charge is 0.322 e. The van der Waals surface area contributed by atoms with E-state index in [1.54, 1.807) is 29.2 Å². The minimum atomic E-state index is -0.293. The lowest BCUT2D eigenvalue weighted by Gasteiger charge is -2.30. The second-order valence-corrected chi connectivity index (χ2v) is 6.92. The zero-order valence-electron chi connectivity index (χ0n) is 15.8. The van der Waals surface area contributed by atoms with Crippen molar-refractivity contribution in [1.82, 2.24) is 0 Å². The maximum atomic E-state index is 13.0. The summed E-state index contributed by atoms with van der Waals surface area (Å²) in [6.45, 7) is 0.641. The first kappa shape index (κ1) is 18.5. The summed E-state index contributed by atoms with van der Waals surface area (Å²) in [4.78, 5) is 27.4. The molecule has 2 amide bonds. The molecule has 0 radical (unpaired) electrons. The molecule has 5 heteroatoms. The highest BCUT2D eigenvalue weighted by atomic mass is 16.2. The molecule has 0 atom stereocenters. The smallest absolute Gasteiger partial charge is 0.258 e. The highest BCUT2D eigenvalue weighted by molar-refractivity contribution is 6.08. The Kier molecular flexibility index (Phi) is 5.08. The maximum absolute atomic E-state index is 13.0. The SMILES string of the molecule is N#Cc1cccc(C(=O)Nc2ccc3c(c2)N(C(=O)c2ccccc2)CCC3)c1. The average molecular weight is 381 g/mol. The van der Waals surface area contributed by atoms with Crippen LogP contribution in [-0.2, 0) is 6.42 Å². The summed E-state index contributed by atoms with van der Waals surface area (Å²) < 4.78 is 0. The number of benzene rings is 3. The van der Waals surface area contributed by atoms with Gasteiger partial charge in [0, 0.05) is 29.0 Å². The van der Waals surface area contributed by atoms with Gasteiger partial charge in [-0.05, 0) is 60.9 Å². The lowest BCUT2D eigenvalue weighted by atomic mass is 10.00. The molecule has 29 heavy (non-hydrogen) atoms. The summed E-state index contributed by atoms with van der Waals surface area (Å²) in [5.74, 6) is -0.337. The summed E-state index contributed by atoms with van der Waals surface area (Å²) in [6.07, 6.45) is 1.80. The molecule has 3 aromatic carbocycles. The zero-order valence-corrected chi connectivity index (χ0v) is 15.8. The normalized spacial score (nSPS) is 12.6. The predicted molar refractivity (Wildman–Crippen MR) is 112 cm³/mol. The van der Waals surface area contributed by atoms with Gasteiger partial charge in [-0.15, -0.1) is 0 Å². The minimum Gasteiger partial charge on any atom is -0.322 e. The Bertz CT molecular complexity index is 1120. The maximum Gasteiger partial charge on any atom is 0.258 e. The van der Waals surface area contributed by atoms with E-state index in [0.29, 0.717) is 28.9 Å². The molecule has 0 spiro atoms. The molecule has 0 fully saturated rings. The second-order valence-electron chi connectivity index (χ2n) is 6.92. The Morgan fingerprint density at radius 1 is 0.931 bits per heavy atom. The molecule has 142 valence electrons. The van der Waals surface area contributed by atoms with Gasteiger partial charge < -0.3 is 10.2 Å². The van der Waals surface area contributed by atoms with Crippen molar-refractivity contribution >= 4 is 23.2 Å². The molecule has 0 unspecified atom stereocenters. The first-order chi connectivity index (χ1) is 14.2. The molecule has 0 saturated carbocycles. The number of fused-ring (bicyclic) bond motifs is 1. The van der Waals surface area contributed by atoms with Crippen molar-refractivity contribution in [2.24, 2.45) is 0 Å². The molecule has 5 nitrogen and oxygen atoms in total. The van der Waals surface area contributed by atoms with Crippen LogP contribution in [0.15, 0.2) is 72.8 Å². The van der Waals surface area contributed by atoms with Crippen LogP contribution in [0.25, 0.3) is 0 Å². The van der Waals surface area contributed by atoms with Gasteiger partial charge in [-0.3, -0.25) is 9.59 Å². The molecular formula is C24H19N3O2. The number of carbonyl (C=O) groups excluding carboxylic acids is 2. The van der Waals surface area contributed by atoms with Gasteiger partial charge in [0.15, 0.2) is 0 Å². The van der Waals surface area contributed by atoms with Crippen molar-refractivity contribution < 1.29 is 9.59 Å². The van der Waals surface area contributed by atoms with Crippen LogP contribution in [0.2, 0.25) is 0 Å². The quantitative estimate of drug-likeness (QED) is 0.731. The number of amides is 2. The third-order valence-corrected chi connectivity index (χ3v) is 4.98. The fourth-order valence-electron chi connectivity index (χ4n) is 3.53. The van der Waals surface area contributed by atoms with Gasteiger partial charge in [-0.1, -0.05) is 30.3 Å². The monoisotopic (exact) mass is 381 g/mol. The van der Waals surface area contributed by atoms with E-state index in [2.05, 4.69) is 5.32 Å². The van der Waals surface area contributed by atoms with Crippen molar-refractivity contribution in [2.45, 2.75) is 12.8 Å². The number of anilines is 2. The molecule has 1 N–H and O–H groups in total. The molecule has 0 aromatic heterocycles. The molecule has 0 aliphatic carbocycles. The molecule has 0 bridgehead atoms. The lowest BCUT2D eigenvalue weighted by molar-refractivity contribution is 0.0984. The van der Waals surface area contributed by atoms with Crippen LogP contribution in [0.5, 0.6) is 0 Å². The number of nitriles is 1. The van der Waals surface area contributed by atoms with Gasteiger partial charge in [0.2, 0.25) is 0 Å². The van der Waals surface area contributed by atoms with Gasteiger partial charge in [0.05, 0.1) is 11.6 Å². The van der Waals surface area contributed by atoms with Crippen LogP contribution in [0.3, 0.4) is 0 Å². The zero-order chi connectivity index (χ0) is 20.2. The van der Waals surface area contributed by atoms with Crippen LogP contribution < -0.4 is 10.2 Å². The van der Waals surface area contributed by atoms with Crippen LogP contribution in [0.4, 0.5) is 11.4 Å². The van der Waals surface area contributed by atoms with Crippen molar-refractivity contribution in [2.75, 3.05) is 16.8 Å². The third-order valence-electron chi connectivity index (χ3n) is 4.98. The Labute approximate surface area is 169 Å². The van der Waals surface area contributed by atoms with E-state index in [9.17, 15) is 9.59 Å². The molecular weight excluding hydrogens is 362 g/mol. The van der Waals surface area contributed by atoms with Gasteiger partial charge >= 0.3 is 0 Å². The second kappa shape index (κ2) is 7.99. The molecule has 3 aromatic rings. The first-order valence-corrected chi connectivity index (χ1v) is 9.47. The van der Waals surface area contributed by atoms with E-state index >= 15 is 0 Å². The number of rotatable bonds is 3. The predicted octanol–water partition coefficient (Wildman–Crippen LogP) is 4.40. The van der Waals surface area contributed by atoms with E-state index in [-0.39, 0.29) is 11.8 Å². The van der Waals surface area contributed by atoms with E-state index in [1.807, 2.05) is 54.6 Å². The fraction of sp³-hybridized carbons (Fsp3) is 0.125. The number of nitrogens with one attached hydrogen (secondary N) is 1. The van der Waals surface area contributed by atoms with Crippen molar-refractivity contribution in [3.05, 3.63) is 95.1 Å². The number of nitrogens with zero attached hydrogens (tertiary/aromatic N) is 2. The highest BCUT2D eigenvalue weighted by Gasteiger charge is 2.24. The molecule has 1 heterocycles. The topological polar surface area (TPSA) is 73.2 Å². The Morgan fingerprint density at radius 3 is 2.52 bits per heavy atom. The molecule has 1 aliphatic heterocycles. The fourth-order valence-corrected chi connectivity index (χ4v) is 3.53. The van der Waals surface area contributed by atoms with Crippen LogP contribution in [0.1, 0.15) is 38.3 Å². The number of hydrogen-bond donors (Lipinski definition) is 1. The van der Waals surface area contributed by atoms with E-state index in [4.69, 9.17) is 5.26 Å². The van der Waals surface area contributed by atoms with E-state index < -0.39 is 0 Å². The van der Waals surface area contributed by atoms with Gasteiger partial charge in [-0.25, -0.2) is 0 Å².